The number of nitrogens with one attached hydrogen (secondary N) is 1. The van der Waals surface area contributed by atoms with Gasteiger partial charge in [0.1, 0.15) is 0 Å². The Morgan fingerprint density at radius 2 is 1.57 bits per heavy atom. The largest absolute Gasteiger partial charge is 0.456 e. The fraction of sp³-hybridized carbons (Fsp3) is 0.333. The number of carbonyl (C=O) groups is 2. The molecule has 0 bridgehead atoms. The first kappa shape index (κ1) is 21.6. The maximum atomic E-state index is 12.4. The topological polar surface area (TPSA) is 89.5 Å². The van der Waals surface area contributed by atoms with Gasteiger partial charge >= 0.3 is 5.97 Å². The van der Waals surface area contributed by atoms with Crippen LogP contribution in [-0.2, 0) is 24.2 Å². The van der Waals surface area contributed by atoms with Crippen molar-refractivity contribution in [2.45, 2.75) is 39.0 Å². The zero-order valence-corrected chi connectivity index (χ0v) is 17.4. The maximum Gasteiger partial charge on any atom is 0.307 e. The van der Waals surface area contributed by atoms with E-state index in [1.54, 1.807) is 12.1 Å². The Kier molecular flexibility index (Phi) is 6.96. The number of anilines is 1. The lowest BCUT2D eigenvalue weighted by Gasteiger charge is -2.09. The third-order valence-corrected chi connectivity index (χ3v) is 6.00. The van der Waals surface area contributed by atoms with Crippen LogP contribution in [0.4, 0.5) is 5.69 Å². The van der Waals surface area contributed by atoms with Crippen molar-refractivity contribution in [1.29, 1.82) is 0 Å². The summed E-state index contributed by atoms with van der Waals surface area (Å²) >= 11 is 0. The lowest BCUT2D eigenvalue weighted by Crippen LogP contribution is -2.22. The molecule has 0 fully saturated rings. The summed E-state index contributed by atoms with van der Waals surface area (Å²) in [6.07, 6.45) is -0.313. The second-order valence-corrected chi connectivity index (χ2v) is 9.01. The Morgan fingerprint density at radius 3 is 2.18 bits per heavy atom. The van der Waals surface area contributed by atoms with Crippen molar-refractivity contribution in [3.63, 3.8) is 0 Å². The smallest absolute Gasteiger partial charge is 0.307 e. The zero-order chi connectivity index (χ0) is 20.9. The molecule has 0 spiro atoms. The number of ether oxygens (including phenoxy) is 1. The van der Waals surface area contributed by atoms with Gasteiger partial charge in [-0.05, 0) is 74.2 Å². The third-order valence-electron chi connectivity index (χ3n) is 4.28. The monoisotopic (exact) mass is 403 g/mol. The first-order valence-corrected chi connectivity index (χ1v) is 10.6. The van der Waals surface area contributed by atoms with Crippen LogP contribution in [-0.4, -0.2) is 32.7 Å². The quantitative estimate of drug-likeness (QED) is 0.717. The van der Waals surface area contributed by atoms with Gasteiger partial charge in [0.15, 0.2) is 16.4 Å². The van der Waals surface area contributed by atoms with Crippen LogP contribution in [0.5, 0.6) is 0 Å². The summed E-state index contributed by atoms with van der Waals surface area (Å²) in [5.74, 6) is -1.58. The minimum Gasteiger partial charge on any atom is -0.456 e. The van der Waals surface area contributed by atoms with E-state index >= 15 is 0 Å². The molecule has 150 valence electrons. The van der Waals surface area contributed by atoms with E-state index in [4.69, 9.17) is 4.74 Å². The van der Waals surface area contributed by atoms with Gasteiger partial charge in [-0.1, -0.05) is 12.1 Å². The molecule has 0 aliphatic carbocycles. The van der Waals surface area contributed by atoms with Crippen molar-refractivity contribution < 1.29 is 22.7 Å². The predicted molar refractivity (Wildman–Crippen MR) is 108 cm³/mol. The van der Waals surface area contributed by atoms with Gasteiger partial charge in [0, 0.05) is 5.69 Å². The average Bonchev–Trinajstić information content (AvgIpc) is 2.59. The molecule has 0 saturated carbocycles. The number of carbonyl (C=O) groups excluding carboxylic acids is 2. The maximum absolute atomic E-state index is 12.4. The molecule has 7 heteroatoms. The number of hydrogen-bond donors (Lipinski definition) is 1. The Bertz CT molecular complexity index is 976. The second-order valence-electron chi connectivity index (χ2n) is 6.90. The molecule has 0 heterocycles. The molecule has 2 aromatic rings. The lowest BCUT2D eigenvalue weighted by atomic mass is 10.1. The van der Waals surface area contributed by atoms with E-state index in [0.29, 0.717) is 5.69 Å². The zero-order valence-electron chi connectivity index (χ0n) is 16.5. The molecule has 2 rings (SSSR count). The average molecular weight is 404 g/mol. The SMILES string of the molecule is Cc1cc(C)cc(NC(=O)COC(=O)CCS(=O)(=O)c2ccc(C)c(C)c2)c1. The third kappa shape index (κ3) is 6.20. The van der Waals surface area contributed by atoms with Crippen molar-refractivity contribution in [1.82, 2.24) is 0 Å². The van der Waals surface area contributed by atoms with Crippen molar-refractivity contribution in [3.05, 3.63) is 58.7 Å². The van der Waals surface area contributed by atoms with Gasteiger partial charge in [-0.2, -0.15) is 0 Å². The fourth-order valence-electron chi connectivity index (χ4n) is 2.71. The molecule has 0 aliphatic heterocycles. The molecule has 0 saturated heterocycles. The number of benzene rings is 2. The standard InChI is InChI=1S/C21H25NO5S/c1-14-9-15(2)11-18(10-14)22-20(23)13-27-21(24)7-8-28(25,26)19-6-5-16(3)17(4)12-19/h5-6,9-12H,7-8,13H2,1-4H3,(H,22,23). The van der Waals surface area contributed by atoms with Crippen LogP contribution in [0, 0.1) is 27.7 Å². The van der Waals surface area contributed by atoms with Crippen LogP contribution in [0.15, 0.2) is 41.3 Å². The molecule has 0 aliphatic rings. The molecular weight excluding hydrogens is 378 g/mol. The molecule has 0 radical (unpaired) electrons. The van der Waals surface area contributed by atoms with Gasteiger partial charge in [-0.15, -0.1) is 0 Å². The van der Waals surface area contributed by atoms with E-state index in [2.05, 4.69) is 5.32 Å². The van der Waals surface area contributed by atoms with Crippen LogP contribution in [0.3, 0.4) is 0 Å². The van der Waals surface area contributed by atoms with Gasteiger partial charge in [-0.3, -0.25) is 9.59 Å². The number of amides is 1. The molecule has 0 aromatic heterocycles. The van der Waals surface area contributed by atoms with E-state index in [1.807, 2.05) is 45.9 Å². The summed E-state index contributed by atoms with van der Waals surface area (Å²) in [6, 6.07) is 10.4. The van der Waals surface area contributed by atoms with Crippen molar-refractivity contribution in [2.24, 2.45) is 0 Å². The first-order valence-electron chi connectivity index (χ1n) is 8.90. The van der Waals surface area contributed by atoms with Gasteiger partial charge in [0.25, 0.3) is 5.91 Å². The highest BCUT2D eigenvalue weighted by atomic mass is 32.2. The highest BCUT2D eigenvalue weighted by Crippen LogP contribution is 2.17. The summed E-state index contributed by atoms with van der Waals surface area (Å²) in [5.41, 5.74) is 4.49. The number of hydrogen-bond acceptors (Lipinski definition) is 5. The van der Waals surface area contributed by atoms with E-state index in [1.165, 1.54) is 6.07 Å². The Hall–Kier alpha value is -2.67. The van der Waals surface area contributed by atoms with Crippen LogP contribution >= 0.6 is 0 Å². The molecule has 1 N–H and O–H groups in total. The molecular formula is C21H25NO5S. The molecule has 2 aromatic carbocycles. The number of sulfone groups is 1. The first-order chi connectivity index (χ1) is 13.1. The van der Waals surface area contributed by atoms with E-state index in [0.717, 1.165) is 22.3 Å². The van der Waals surface area contributed by atoms with Gasteiger partial charge in [0.05, 0.1) is 17.1 Å². The number of rotatable bonds is 7. The second kappa shape index (κ2) is 9.01. The van der Waals surface area contributed by atoms with Gasteiger partial charge < -0.3 is 10.1 Å². The van der Waals surface area contributed by atoms with E-state index in [-0.39, 0.29) is 17.1 Å². The summed E-state index contributed by atoms with van der Waals surface area (Å²) in [4.78, 5) is 23.9. The highest BCUT2D eigenvalue weighted by molar-refractivity contribution is 7.91. The van der Waals surface area contributed by atoms with Crippen LogP contribution in [0.1, 0.15) is 28.7 Å². The van der Waals surface area contributed by atoms with Crippen molar-refractivity contribution in [3.8, 4) is 0 Å². The molecule has 0 atom stereocenters. The van der Waals surface area contributed by atoms with E-state index < -0.39 is 28.3 Å². The fourth-order valence-corrected chi connectivity index (χ4v) is 4.01. The lowest BCUT2D eigenvalue weighted by molar-refractivity contribution is -0.146. The molecule has 1 amide bonds. The van der Waals surface area contributed by atoms with Gasteiger partial charge in [-0.25, -0.2) is 8.42 Å². The summed E-state index contributed by atoms with van der Waals surface area (Å²) in [6.45, 7) is 7.09. The molecule has 0 unspecified atom stereocenters. The highest BCUT2D eigenvalue weighted by Gasteiger charge is 2.18. The Labute approximate surface area is 165 Å². The van der Waals surface area contributed by atoms with Crippen molar-refractivity contribution in [2.75, 3.05) is 17.7 Å². The summed E-state index contributed by atoms with van der Waals surface area (Å²) in [7, 11) is -3.59. The summed E-state index contributed by atoms with van der Waals surface area (Å²) in [5, 5.41) is 2.65. The summed E-state index contributed by atoms with van der Waals surface area (Å²) < 4.78 is 29.6. The normalized spacial score (nSPS) is 11.1. The minimum atomic E-state index is -3.59. The van der Waals surface area contributed by atoms with Crippen molar-refractivity contribution >= 4 is 27.4 Å². The molecule has 28 heavy (non-hydrogen) atoms. The van der Waals surface area contributed by atoms with Gasteiger partial charge in [0.2, 0.25) is 0 Å². The van der Waals surface area contributed by atoms with E-state index in [9.17, 15) is 18.0 Å². The minimum absolute atomic E-state index is 0.177. The number of esters is 1. The number of aryl methyl sites for hydroxylation is 4. The Balaban J connectivity index is 1.84. The molecule has 6 nitrogen and oxygen atoms in total. The Morgan fingerprint density at radius 1 is 0.929 bits per heavy atom. The van der Waals surface area contributed by atoms with Crippen LogP contribution in [0.2, 0.25) is 0 Å². The predicted octanol–water partition coefficient (Wildman–Crippen LogP) is 3.27. The van der Waals surface area contributed by atoms with Crippen LogP contribution in [0.25, 0.3) is 0 Å². The van der Waals surface area contributed by atoms with Crippen LogP contribution < -0.4 is 5.32 Å².